The van der Waals surface area contributed by atoms with E-state index < -0.39 is 0 Å². The fourth-order valence-corrected chi connectivity index (χ4v) is 3.14. The Morgan fingerprint density at radius 3 is 2.54 bits per heavy atom. The first kappa shape index (κ1) is 15.0. The van der Waals surface area contributed by atoms with Crippen LogP contribution >= 0.6 is 11.6 Å². The van der Waals surface area contributed by atoms with E-state index in [0.717, 1.165) is 10.9 Å². The summed E-state index contributed by atoms with van der Waals surface area (Å²) in [6, 6.07) is 13.5. The summed E-state index contributed by atoms with van der Waals surface area (Å²) >= 11 is 6.28. The average molecular weight is 365 g/mol. The van der Waals surface area contributed by atoms with Crippen molar-refractivity contribution in [2.24, 2.45) is 0 Å². The molecule has 26 heavy (non-hydrogen) atoms. The van der Waals surface area contributed by atoms with E-state index >= 15 is 0 Å². The molecular formula is C18H10ClFN6. The van der Waals surface area contributed by atoms with E-state index in [2.05, 4.69) is 20.3 Å². The lowest BCUT2D eigenvalue weighted by Crippen LogP contribution is -1.99. The third-order valence-electron chi connectivity index (χ3n) is 4.16. The largest absolute Gasteiger partial charge is 0.264 e. The second kappa shape index (κ2) is 5.60. The Balaban J connectivity index is 1.73. The lowest BCUT2D eigenvalue weighted by atomic mass is 10.2. The van der Waals surface area contributed by atoms with Crippen molar-refractivity contribution in [2.75, 3.05) is 0 Å². The molecule has 5 rings (SSSR count). The standard InChI is InChI=1S/C18H10ClFN6/c19-15-4-2-1-3-13(15)17-23-24-18-14-9-22-26(16(14)21-10-25(17)18)12-7-5-11(20)6-8-12/h1-10H. The molecule has 0 amide bonds. The summed E-state index contributed by atoms with van der Waals surface area (Å²) in [7, 11) is 0. The number of halogens is 2. The molecule has 0 fully saturated rings. The maximum atomic E-state index is 13.2. The zero-order valence-electron chi connectivity index (χ0n) is 13.2. The highest BCUT2D eigenvalue weighted by Gasteiger charge is 2.16. The molecule has 0 aliphatic rings. The van der Waals surface area contributed by atoms with Gasteiger partial charge in [-0.15, -0.1) is 10.2 Å². The SMILES string of the molecule is Fc1ccc(-n2ncc3c2ncn2c(-c4ccccc4Cl)nnc32)cc1. The molecule has 0 spiro atoms. The Kier molecular flexibility index (Phi) is 3.23. The van der Waals surface area contributed by atoms with Gasteiger partial charge in [0.1, 0.15) is 12.1 Å². The first-order valence-corrected chi connectivity index (χ1v) is 8.18. The van der Waals surface area contributed by atoms with Crippen molar-refractivity contribution in [1.82, 2.24) is 29.4 Å². The summed E-state index contributed by atoms with van der Waals surface area (Å²) in [5.74, 6) is 0.303. The Labute approximate surface area is 151 Å². The molecule has 6 nitrogen and oxygen atoms in total. The first-order chi connectivity index (χ1) is 12.7. The van der Waals surface area contributed by atoms with Gasteiger partial charge >= 0.3 is 0 Å². The predicted molar refractivity (Wildman–Crippen MR) is 95.8 cm³/mol. The van der Waals surface area contributed by atoms with E-state index in [-0.39, 0.29) is 5.82 Å². The lowest BCUT2D eigenvalue weighted by Gasteiger charge is -2.04. The van der Waals surface area contributed by atoms with Crippen LogP contribution in [-0.2, 0) is 0 Å². The summed E-state index contributed by atoms with van der Waals surface area (Å²) < 4.78 is 16.6. The summed E-state index contributed by atoms with van der Waals surface area (Å²) in [6.07, 6.45) is 3.31. The van der Waals surface area contributed by atoms with Gasteiger partial charge in [0, 0.05) is 5.56 Å². The molecule has 8 heteroatoms. The topological polar surface area (TPSA) is 60.9 Å². The normalized spacial score (nSPS) is 11.5. The van der Waals surface area contributed by atoms with Gasteiger partial charge in [-0.3, -0.25) is 4.40 Å². The highest BCUT2D eigenvalue weighted by molar-refractivity contribution is 6.33. The smallest absolute Gasteiger partial charge is 0.175 e. The molecule has 0 saturated carbocycles. The summed E-state index contributed by atoms with van der Waals surface area (Å²) in [5, 5.41) is 14.3. The number of hydrogen-bond acceptors (Lipinski definition) is 4. The minimum atomic E-state index is -0.303. The summed E-state index contributed by atoms with van der Waals surface area (Å²) in [5.41, 5.74) is 2.72. The molecule has 2 aromatic carbocycles. The molecule has 126 valence electrons. The minimum Gasteiger partial charge on any atom is -0.264 e. The van der Waals surface area contributed by atoms with Gasteiger partial charge in [-0.25, -0.2) is 14.1 Å². The van der Waals surface area contributed by atoms with Crippen LogP contribution in [0.3, 0.4) is 0 Å². The van der Waals surface area contributed by atoms with Crippen molar-refractivity contribution < 1.29 is 4.39 Å². The number of nitrogens with zero attached hydrogens (tertiary/aromatic N) is 6. The molecule has 0 atom stereocenters. The maximum Gasteiger partial charge on any atom is 0.175 e. The third kappa shape index (κ3) is 2.18. The van der Waals surface area contributed by atoms with Crippen LogP contribution in [0.5, 0.6) is 0 Å². The van der Waals surface area contributed by atoms with E-state index in [1.807, 2.05) is 18.2 Å². The molecule has 0 saturated heterocycles. The zero-order valence-corrected chi connectivity index (χ0v) is 14.0. The molecule has 5 aromatic rings. The number of rotatable bonds is 2. The maximum absolute atomic E-state index is 13.2. The van der Waals surface area contributed by atoms with Crippen LogP contribution in [0.25, 0.3) is 33.8 Å². The Morgan fingerprint density at radius 2 is 1.73 bits per heavy atom. The number of fused-ring (bicyclic) bond motifs is 3. The van der Waals surface area contributed by atoms with E-state index in [1.165, 1.54) is 12.1 Å². The van der Waals surface area contributed by atoms with Gasteiger partial charge in [0.2, 0.25) is 0 Å². The molecule has 0 radical (unpaired) electrons. The second-order valence-corrected chi connectivity index (χ2v) is 6.12. The molecule has 0 unspecified atom stereocenters. The summed E-state index contributed by atoms with van der Waals surface area (Å²) in [6.45, 7) is 0. The lowest BCUT2D eigenvalue weighted by molar-refractivity contribution is 0.627. The van der Waals surface area contributed by atoms with Crippen molar-refractivity contribution in [3.63, 3.8) is 0 Å². The molecule has 0 bridgehead atoms. The van der Waals surface area contributed by atoms with E-state index in [4.69, 9.17) is 11.6 Å². The monoisotopic (exact) mass is 364 g/mol. The van der Waals surface area contributed by atoms with E-state index in [1.54, 1.807) is 39.8 Å². The fraction of sp³-hybridized carbons (Fsp3) is 0. The zero-order chi connectivity index (χ0) is 17.7. The molecule has 0 aliphatic carbocycles. The predicted octanol–water partition coefficient (Wildman–Crippen LogP) is 3.92. The second-order valence-electron chi connectivity index (χ2n) is 5.71. The van der Waals surface area contributed by atoms with Gasteiger partial charge in [0.25, 0.3) is 0 Å². The molecule has 0 aliphatic heterocycles. The van der Waals surface area contributed by atoms with Crippen molar-refractivity contribution in [3.8, 4) is 17.1 Å². The Bertz CT molecular complexity index is 1260. The van der Waals surface area contributed by atoms with E-state index in [0.29, 0.717) is 27.8 Å². The average Bonchev–Trinajstić information content (AvgIpc) is 3.26. The van der Waals surface area contributed by atoms with E-state index in [9.17, 15) is 4.39 Å². The first-order valence-electron chi connectivity index (χ1n) is 7.81. The Hall–Kier alpha value is -3.32. The number of benzene rings is 2. The van der Waals surface area contributed by atoms with Gasteiger partial charge in [-0.05, 0) is 36.4 Å². The van der Waals surface area contributed by atoms with Crippen LogP contribution < -0.4 is 0 Å². The fourth-order valence-electron chi connectivity index (χ4n) is 2.92. The van der Waals surface area contributed by atoms with Gasteiger partial charge < -0.3 is 0 Å². The van der Waals surface area contributed by atoms with Crippen LogP contribution in [0, 0.1) is 5.82 Å². The Morgan fingerprint density at radius 1 is 0.923 bits per heavy atom. The summed E-state index contributed by atoms with van der Waals surface area (Å²) in [4.78, 5) is 4.50. The molecular weight excluding hydrogens is 355 g/mol. The van der Waals surface area contributed by atoms with Crippen LogP contribution in [0.1, 0.15) is 0 Å². The van der Waals surface area contributed by atoms with Gasteiger partial charge in [0.05, 0.1) is 22.3 Å². The minimum absolute atomic E-state index is 0.303. The van der Waals surface area contributed by atoms with Gasteiger partial charge in [0.15, 0.2) is 17.1 Å². The van der Waals surface area contributed by atoms with Crippen molar-refractivity contribution in [2.45, 2.75) is 0 Å². The van der Waals surface area contributed by atoms with Crippen LogP contribution in [0.15, 0.2) is 61.1 Å². The molecule has 3 aromatic heterocycles. The van der Waals surface area contributed by atoms with Crippen molar-refractivity contribution in [3.05, 3.63) is 71.9 Å². The third-order valence-corrected chi connectivity index (χ3v) is 4.49. The van der Waals surface area contributed by atoms with Gasteiger partial charge in [-0.1, -0.05) is 23.7 Å². The highest BCUT2D eigenvalue weighted by atomic mass is 35.5. The molecule has 0 N–H and O–H groups in total. The number of aromatic nitrogens is 6. The quantitative estimate of drug-likeness (QED) is 0.476. The van der Waals surface area contributed by atoms with Crippen LogP contribution in [0.4, 0.5) is 4.39 Å². The number of hydrogen-bond donors (Lipinski definition) is 0. The highest BCUT2D eigenvalue weighted by Crippen LogP contribution is 2.28. The van der Waals surface area contributed by atoms with Gasteiger partial charge in [-0.2, -0.15) is 5.10 Å². The van der Waals surface area contributed by atoms with Crippen molar-refractivity contribution >= 4 is 28.3 Å². The molecule has 3 heterocycles. The van der Waals surface area contributed by atoms with Crippen LogP contribution in [-0.4, -0.2) is 29.4 Å². The van der Waals surface area contributed by atoms with Crippen LogP contribution in [0.2, 0.25) is 5.02 Å². The van der Waals surface area contributed by atoms with Crippen molar-refractivity contribution in [1.29, 1.82) is 0 Å².